The number of hydrogen-bond acceptors (Lipinski definition) is 3. The molecule has 0 radical (unpaired) electrons. The minimum absolute atomic E-state index is 0.000549. The van der Waals surface area contributed by atoms with E-state index in [9.17, 15) is 0 Å². The van der Waals surface area contributed by atoms with E-state index in [1.54, 1.807) is 0 Å². The summed E-state index contributed by atoms with van der Waals surface area (Å²) >= 11 is 0. The Morgan fingerprint density at radius 1 is 1.36 bits per heavy atom. The van der Waals surface area contributed by atoms with Crippen LogP contribution in [0.3, 0.4) is 0 Å². The molecule has 1 aromatic rings. The van der Waals surface area contributed by atoms with Crippen LogP contribution in [-0.2, 0) is 4.74 Å². The van der Waals surface area contributed by atoms with Crippen molar-refractivity contribution in [2.45, 2.75) is 25.8 Å². The van der Waals surface area contributed by atoms with Gasteiger partial charge in [-0.1, -0.05) is 18.2 Å². The highest BCUT2D eigenvalue weighted by Crippen LogP contribution is 2.17. The zero-order valence-electron chi connectivity index (χ0n) is 8.49. The Kier molecular flexibility index (Phi) is 2.44. The fourth-order valence-electron chi connectivity index (χ4n) is 1.37. The van der Waals surface area contributed by atoms with Gasteiger partial charge in [0.15, 0.2) is 0 Å². The van der Waals surface area contributed by atoms with E-state index in [1.807, 2.05) is 30.3 Å². The summed E-state index contributed by atoms with van der Waals surface area (Å²) in [6, 6.07) is 9.66. The van der Waals surface area contributed by atoms with Crippen LogP contribution in [0.4, 0.5) is 0 Å². The molecule has 76 valence electrons. The molecule has 1 fully saturated rings. The van der Waals surface area contributed by atoms with Crippen LogP contribution in [0.2, 0.25) is 0 Å². The molecule has 1 atom stereocenters. The molecule has 1 N–H and O–H groups in total. The van der Waals surface area contributed by atoms with Crippen LogP contribution < -0.4 is 10.1 Å². The molecule has 2 rings (SSSR count). The summed E-state index contributed by atoms with van der Waals surface area (Å²) in [6.45, 7) is 4.84. The van der Waals surface area contributed by atoms with Gasteiger partial charge in [0.1, 0.15) is 5.75 Å². The lowest BCUT2D eigenvalue weighted by molar-refractivity contribution is -0.0518. The van der Waals surface area contributed by atoms with E-state index in [-0.39, 0.29) is 12.0 Å². The lowest BCUT2D eigenvalue weighted by Crippen LogP contribution is -2.41. The zero-order chi connectivity index (χ0) is 10.0. The summed E-state index contributed by atoms with van der Waals surface area (Å²) in [5.74, 6) is 0.822. The fourth-order valence-corrected chi connectivity index (χ4v) is 1.37. The van der Waals surface area contributed by atoms with Crippen molar-refractivity contribution in [3.63, 3.8) is 0 Å². The summed E-state index contributed by atoms with van der Waals surface area (Å²) < 4.78 is 11.0. The van der Waals surface area contributed by atoms with Crippen LogP contribution >= 0.6 is 0 Å². The van der Waals surface area contributed by atoms with E-state index in [2.05, 4.69) is 19.2 Å². The predicted molar refractivity (Wildman–Crippen MR) is 54.0 cm³/mol. The Morgan fingerprint density at radius 3 is 2.64 bits per heavy atom. The summed E-state index contributed by atoms with van der Waals surface area (Å²) in [5, 5.41) is 3.23. The van der Waals surface area contributed by atoms with Gasteiger partial charge in [0, 0.05) is 5.54 Å². The molecular weight excluding hydrogens is 178 g/mol. The third-order valence-corrected chi connectivity index (χ3v) is 2.09. The van der Waals surface area contributed by atoms with Crippen molar-refractivity contribution < 1.29 is 9.47 Å². The maximum Gasteiger partial charge on any atom is 0.260 e. The summed E-state index contributed by atoms with van der Waals surface area (Å²) in [4.78, 5) is 0. The monoisotopic (exact) mass is 193 g/mol. The molecule has 14 heavy (non-hydrogen) atoms. The molecule has 1 heterocycles. The Balaban J connectivity index is 1.94. The first kappa shape index (κ1) is 9.49. The number of benzene rings is 1. The van der Waals surface area contributed by atoms with Gasteiger partial charge in [-0.25, -0.2) is 0 Å². The molecule has 1 aromatic carbocycles. The van der Waals surface area contributed by atoms with Crippen LogP contribution in [0.1, 0.15) is 13.8 Å². The first-order valence-electron chi connectivity index (χ1n) is 4.77. The van der Waals surface area contributed by atoms with E-state index in [0.717, 1.165) is 5.75 Å². The van der Waals surface area contributed by atoms with Gasteiger partial charge in [-0.3, -0.25) is 5.32 Å². The molecule has 3 heteroatoms. The molecule has 1 unspecified atom stereocenters. The van der Waals surface area contributed by atoms with E-state index in [0.29, 0.717) is 6.61 Å². The van der Waals surface area contributed by atoms with Gasteiger partial charge in [-0.2, -0.15) is 0 Å². The number of ether oxygens (including phenoxy) is 2. The number of rotatable bonds is 2. The van der Waals surface area contributed by atoms with Gasteiger partial charge in [0.05, 0.1) is 6.61 Å². The van der Waals surface area contributed by atoms with Gasteiger partial charge in [-0.05, 0) is 26.0 Å². The second kappa shape index (κ2) is 3.59. The lowest BCUT2D eigenvalue weighted by Gasteiger charge is -2.17. The Hall–Kier alpha value is -1.06. The lowest BCUT2D eigenvalue weighted by atomic mass is 10.1. The molecule has 1 saturated heterocycles. The van der Waals surface area contributed by atoms with Crippen LogP contribution in [0.5, 0.6) is 5.75 Å². The van der Waals surface area contributed by atoms with Crippen molar-refractivity contribution in [3.05, 3.63) is 30.3 Å². The topological polar surface area (TPSA) is 30.5 Å². The average molecular weight is 193 g/mol. The molecule has 0 aromatic heterocycles. The summed E-state index contributed by atoms with van der Waals surface area (Å²) in [6.07, 6.45) is -0.326. The smallest absolute Gasteiger partial charge is 0.260 e. The van der Waals surface area contributed by atoms with Crippen LogP contribution in [0.25, 0.3) is 0 Å². The Bertz CT molecular complexity index is 297. The van der Waals surface area contributed by atoms with Gasteiger partial charge in [0.25, 0.3) is 6.41 Å². The molecule has 0 amide bonds. The Labute approximate surface area is 84.0 Å². The van der Waals surface area contributed by atoms with E-state index in [1.165, 1.54) is 0 Å². The van der Waals surface area contributed by atoms with Crippen molar-refractivity contribution >= 4 is 0 Å². The molecule has 0 spiro atoms. The first-order valence-corrected chi connectivity index (χ1v) is 4.77. The summed E-state index contributed by atoms with van der Waals surface area (Å²) in [7, 11) is 0. The number of para-hydroxylation sites is 1. The van der Waals surface area contributed by atoms with E-state index < -0.39 is 0 Å². The molecular formula is C11H15NO2. The minimum atomic E-state index is -0.326. The van der Waals surface area contributed by atoms with E-state index in [4.69, 9.17) is 9.47 Å². The fraction of sp³-hybridized carbons (Fsp3) is 0.455. The summed E-state index contributed by atoms with van der Waals surface area (Å²) in [5.41, 5.74) is -0.000549. The minimum Gasteiger partial charge on any atom is -0.451 e. The number of hydrogen-bond donors (Lipinski definition) is 1. The SMILES string of the molecule is CC1(C)COC(Oc2ccccc2)N1. The van der Waals surface area contributed by atoms with Crippen LogP contribution in [-0.4, -0.2) is 18.6 Å². The van der Waals surface area contributed by atoms with Gasteiger partial charge in [-0.15, -0.1) is 0 Å². The molecule has 1 aliphatic rings. The highest BCUT2D eigenvalue weighted by molar-refractivity contribution is 5.21. The molecule has 1 aliphatic heterocycles. The highest BCUT2D eigenvalue weighted by Gasteiger charge is 2.31. The molecule has 3 nitrogen and oxygen atoms in total. The van der Waals surface area contributed by atoms with Gasteiger partial charge in [0.2, 0.25) is 0 Å². The van der Waals surface area contributed by atoms with Crippen molar-refractivity contribution in [2.75, 3.05) is 6.61 Å². The first-order chi connectivity index (χ1) is 6.66. The zero-order valence-corrected chi connectivity index (χ0v) is 8.49. The molecule has 0 aliphatic carbocycles. The second-order valence-electron chi connectivity index (χ2n) is 4.10. The molecule has 0 saturated carbocycles. The van der Waals surface area contributed by atoms with Crippen molar-refractivity contribution in [1.29, 1.82) is 0 Å². The molecule has 0 bridgehead atoms. The quantitative estimate of drug-likeness (QED) is 0.776. The maximum absolute atomic E-state index is 5.58. The standard InChI is InChI=1S/C11H15NO2/c1-11(2)8-13-10(12-11)14-9-6-4-3-5-7-9/h3-7,10,12H,8H2,1-2H3. The second-order valence-corrected chi connectivity index (χ2v) is 4.10. The van der Waals surface area contributed by atoms with Crippen molar-refractivity contribution in [3.8, 4) is 5.75 Å². The maximum atomic E-state index is 5.58. The van der Waals surface area contributed by atoms with E-state index >= 15 is 0 Å². The van der Waals surface area contributed by atoms with Crippen molar-refractivity contribution in [2.24, 2.45) is 0 Å². The largest absolute Gasteiger partial charge is 0.451 e. The average Bonchev–Trinajstić information content (AvgIpc) is 2.47. The highest BCUT2D eigenvalue weighted by atomic mass is 16.7. The third-order valence-electron chi connectivity index (χ3n) is 2.09. The van der Waals surface area contributed by atoms with Gasteiger partial charge < -0.3 is 9.47 Å². The predicted octanol–water partition coefficient (Wildman–Crippen LogP) is 1.75. The third kappa shape index (κ3) is 2.25. The normalized spacial score (nSPS) is 24.9. The van der Waals surface area contributed by atoms with Crippen LogP contribution in [0, 0.1) is 0 Å². The van der Waals surface area contributed by atoms with Gasteiger partial charge >= 0.3 is 0 Å². The Morgan fingerprint density at radius 2 is 2.07 bits per heavy atom. The number of nitrogens with one attached hydrogen (secondary N) is 1. The van der Waals surface area contributed by atoms with Crippen LogP contribution in [0.15, 0.2) is 30.3 Å². The van der Waals surface area contributed by atoms with Crippen molar-refractivity contribution in [1.82, 2.24) is 5.32 Å².